The van der Waals surface area contributed by atoms with Gasteiger partial charge in [-0.25, -0.2) is 0 Å². The minimum atomic E-state index is -0.195. The largest absolute Gasteiger partial charge is 0.316 e. The van der Waals surface area contributed by atoms with E-state index in [-0.39, 0.29) is 11.7 Å². The van der Waals surface area contributed by atoms with Crippen LogP contribution in [0.15, 0.2) is 65.1 Å². The summed E-state index contributed by atoms with van der Waals surface area (Å²) in [6.45, 7) is 4.08. The predicted octanol–water partition coefficient (Wildman–Crippen LogP) is 5.22. The van der Waals surface area contributed by atoms with Crippen LogP contribution in [0.4, 0.5) is 5.00 Å². The zero-order chi connectivity index (χ0) is 21.8. The number of carbonyl (C=O) groups is 1. The molecule has 2 aromatic carbocycles. The van der Waals surface area contributed by atoms with Crippen molar-refractivity contribution in [2.24, 2.45) is 0 Å². The molecule has 0 atom stereocenters. The number of nitrogens with zero attached hydrogens (tertiary/aromatic N) is 4. The first kappa shape index (κ1) is 20.8. The fourth-order valence-electron chi connectivity index (χ4n) is 2.97. The molecule has 2 aromatic heterocycles. The molecular formula is C23H19N5OS2. The average molecular weight is 446 g/mol. The summed E-state index contributed by atoms with van der Waals surface area (Å²) >= 11 is 2.64. The quantitative estimate of drug-likeness (QED) is 0.412. The highest BCUT2D eigenvalue weighted by atomic mass is 32.2. The molecule has 0 spiro atoms. The first-order valence-corrected chi connectivity index (χ1v) is 11.4. The van der Waals surface area contributed by atoms with Gasteiger partial charge in [0.15, 0.2) is 11.0 Å². The molecule has 0 aliphatic heterocycles. The van der Waals surface area contributed by atoms with Gasteiger partial charge in [0.05, 0.1) is 11.3 Å². The molecule has 0 fully saturated rings. The number of thioether (sulfide) groups is 1. The van der Waals surface area contributed by atoms with Gasteiger partial charge in [0.25, 0.3) is 0 Å². The van der Waals surface area contributed by atoms with E-state index in [0.29, 0.717) is 15.7 Å². The number of anilines is 1. The fraction of sp³-hybridized carbons (Fsp3) is 0.130. The maximum Gasteiger partial charge on any atom is 0.235 e. The summed E-state index contributed by atoms with van der Waals surface area (Å²) in [6.07, 6.45) is 0. The van der Waals surface area contributed by atoms with Gasteiger partial charge < -0.3 is 5.32 Å². The SMILES string of the molecule is Cc1ccc(-c2nnc(SCC(=O)Nc3sccc3C#N)n2-c2ccc(C)cc2)cc1. The molecule has 0 aliphatic carbocycles. The molecule has 6 nitrogen and oxygen atoms in total. The number of rotatable bonds is 6. The lowest BCUT2D eigenvalue weighted by molar-refractivity contribution is -0.113. The van der Waals surface area contributed by atoms with Gasteiger partial charge in [-0.05, 0) is 37.4 Å². The summed E-state index contributed by atoms with van der Waals surface area (Å²) in [5.41, 5.74) is 4.67. The van der Waals surface area contributed by atoms with Crippen LogP contribution in [0.1, 0.15) is 16.7 Å². The average Bonchev–Trinajstić information content (AvgIpc) is 3.40. The van der Waals surface area contributed by atoms with E-state index in [0.717, 1.165) is 22.6 Å². The van der Waals surface area contributed by atoms with Gasteiger partial charge in [-0.2, -0.15) is 5.26 Å². The second kappa shape index (κ2) is 9.16. The lowest BCUT2D eigenvalue weighted by Gasteiger charge is -2.11. The number of benzene rings is 2. The Morgan fingerprint density at radius 2 is 1.74 bits per heavy atom. The maximum absolute atomic E-state index is 12.5. The normalized spacial score (nSPS) is 10.6. The van der Waals surface area contributed by atoms with E-state index < -0.39 is 0 Å². The maximum atomic E-state index is 12.5. The van der Waals surface area contributed by atoms with Crippen molar-refractivity contribution in [2.45, 2.75) is 19.0 Å². The van der Waals surface area contributed by atoms with Crippen LogP contribution in [-0.2, 0) is 4.79 Å². The molecule has 4 aromatic rings. The van der Waals surface area contributed by atoms with Crippen LogP contribution in [0.3, 0.4) is 0 Å². The zero-order valence-corrected chi connectivity index (χ0v) is 18.6. The minimum absolute atomic E-state index is 0.153. The van der Waals surface area contributed by atoms with Crippen LogP contribution in [0.2, 0.25) is 0 Å². The van der Waals surface area contributed by atoms with Crippen LogP contribution in [0.25, 0.3) is 17.1 Å². The van der Waals surface area contributed by atoms with Crippen molar-refractivity contribution < 1.29 is 4.79 Å². The summed E-state index contributed by atoms with van der Waals surface area (Å²) in [7, 11) is 0. The standard InChI is InChI=1S/C23H19N5OS2/c1-15-3-7-17(8-4-15)21-26-27-23(28(21)19-9-5-16(2)6-10-19)31-14-20(29)25-22-18(13-24)11-12-30-22/h3-12H,14H2,1-2H3,(H,25,29). The molecule has 31 heavy (non-hydrogen) atoms. The van der Waals surface area contributed by atoms with Crippen molar-refractivity contribution >= 4 is 34.0 Å². The molecule has 0 bridgehead atoms. The summed E-state index contributed by atoms with van der Waals surface area (Å²) in [5.74, 6) is 0.678. The van der Waals surface area contributed by atoms with Crippen molar-refractivity contribution in [3.63, 3.8) is 0 Å². The molecule has 0 unspecified atom stereocenters. The lowest BCUT2D eigenvalue weighted by atomic mass is 10.1. The molecule has 0 saturated carbocycles. The smallest absolute Gasteiger partial charge is 0.235 e. The van der Waals surface area contributed by atoms with Gasteiger partial charge >= 0.3 is 0 Å². The van der Waals surface area contributed by atoms with E-state index >= 15 is 0 Å². The minimum Gasteiger partial charge on any atom is -0.316 e. The number of hydrogen-bond donors (Lipinski definition) is 1. The summed E-state index contributed by atoms with van der Waals surface area (Å²) < 4.78 is 1.97. The molecule has 2 heterocycles. The van der Waals surface area contributed by atoms with E-state index in [9.17, 15) is 4.79 Å². The number of nitriles is 1. The first-order chi connectivity index (χ1) is 15.0. The monoisotopic (exact) mass is 445 g/mol. The number of aryl methyl sites for hydroxylation is 2. The third kappa shape index (κ3) is 4.68. The van der Waals surface area contributed by atoms with Crippen molar-refractivity contribution in [1.29, 1.82) is 5.26 Å². The van der Waals surface area contributed by atoms with Gasteiger partial charge in [-0.15, -0.1) is 21.5 Å². The van der Waals surface area contributed by atoms with Crippen LogP contribution in [-0.4, -0.2) is 26.4 Å². The third-order valence-corrected chi connectivity index (χ3v) is 6.37. The number of carbonyl (C=O) groups excluding carboxylic acids is 1. The van der Waals surface area contributed by atoms with Gasteiger partial charge in [-0.3, -0.25) is 9.36 Å². The number of nitrogens with one attached hydrogen (secondary N) is 1. The summed E-state index contributed by atoms with van der Waals surface area (Å²) in [5, 5.41) is 23.7. The van der Waals surface area contributed by atoms with Crippen LogP contribution in [0.5, 0.6) is 0 Å². The van der Waals surface area contributed by atoms with Crippen molar-refractivity contribution in [3.8, 4) is 23.1 Å². The molecule has 0 aliphatic rings. The molecule has 4 rings (SSSR count). The lowest BCUT2D eigenvalue weighted by Crippen LogP contribution is -2.14. The van der Waals surface area contributed by atoms with Gasteiger partial charge in [-0.1, -0.05) is 59.3 Å². The Bertz CT molecular complexity index is 1250. The van der Waals surface area contributed by atoms with E-state index in [2.05, 4.69) is 21.6 Å². The predicted molar refractivity (Wildman–Crippen MR) is 125 cm³/mol. The molecule has 154 valence electrons. The molecule has 1 amide bonds. The van der Waals surface area contributed by atoms with Crippen LogP contribution >= 0.6 is 23.1 Å². The second-order valence-electron chi connectivity index (χ2n) is 6.96. The Balaban J connectivity index is 1.61. The Kier molecular flexibility index (Phi) is 6.16. The Labute approximate surface area is 188 Å². The third-order valence-electron chi connectivity index (χ3n) is 4.61. The van der Waals surface area contributed by atoms with Crippen molar-refractivity contribution in [3.05, 3.63) is 76.7 Å². The van der Waals surface area contributed by atoms with E-state index in [4.69, 9.17) is 5.26 Å². The van der Waals surface area contributed by atoms with Gasteiger partial charge in [0.1, 0.15) is 11.1 Å². The van der Waals surface area contributed by atoms with E-state index in [1.54, 1.807) is 11.4 Å². The highest BCUT2D eigenvalue weighted by molar-refractivity contribution is 7.99. The Hall–Kier alpha value is -3.41. The van der Waals surface area contributed by atoms with Gasteiger partial charge in [0, 0.05) is 11.3 Å². The molecule has 0 saturated heterocycles. The van der Waals surface area contributed by atoms with Crippen molar-refractivity contribution in [1.82, 2.24) is 14.8 Å². The Morgan fingerprint density at radius 1 is 1.06 bits per heavy atom. The number of hydrogen-bond acceptors (Lipinski definition) is 6. The second-order valence-corrected chi connectivity index (χ2v) is 8.81. The zero-order valence-electron chi connectivity index (χ0n) is 17.0. The van der Waals surface area contributed by atoms with Crippen LogP contribution < -0.4 is 5.32 Å². The highest BCUT2D eigenvalue weighted by Crippen LogP contribution is 2.29. The summed E-state index contributed by atoms with van der Waals surface area (Å²) in [4.78, 5) is 12.5. The molecule has 8 heteroatoms. The van der Waals surface area contributed by atoms with E-state index in [1.165, 1.54) is 28.7 Å². The number of aromatic nitrogens is 3. The summed E-state index contributed by atoms with van der Waals surface area (Å²) in [6, 6.07) is 20.0. The topological polar surface area (TPSA) is 83.6 Å². The number of thiophene rings is 1. The van der Waals surface area contributed by atoms with E-state index in [1.807, 2.05) is 66.9 Å². The number of amides is 1. The fourth-order valence-corrected chi connectivity index (χ4v) is 4.47. The van der Waals surface area contributed by atoms with Gasteiger partial charge in [0.2, 0.25) is 5.91 Å². The first-order valence-electron chi connectivity index (χ1n) is 9.55. The van der Waals surface area contributed by atoms with Crippen molar-refractivity contribution in [2.75, 3.05) is 11.1 Å². The molecular weight excluding hydrogens is 426 g/mol. The molecule has 1 N–H and O–H groups in total. The molecule has 0 radical (unpaired) electrons. The Morgan fingerprint density at radius 3 is 2.42 bits per heavy atom. The highest BCUT2D eigenvalue weighted by Gasteiger charge is 2.18. The van der Waals surface area contributed by atoms with Crippen LogP contribution in [0, 0.1) is 25.2 Å².